The maximum absolute atomic E-state index is 12.7. The minimum Gasteiger partial charge on any atom is -0.397 e. The second-order valence-corrected chi connectivity index (χ2v) is 16.8. The maximum atomic E-state index is 12.7. The van der Waals surface area contributed by atoms with E-state index in [0.29, 0.717) is 24.3 Å². The number of carbonyl (C=O) groups excluding carboxylic acids is 2. The molecule has 9 nitrogen and oxygen atoms in total. The number of para-hydroxylation sites is 2. The molecule has 1 aliphatic rings. The van der Waals surface area contributed by atoms with E-state index in [-0.39, 0.29) is 43.5 Å². The number of hydrogen-bond acceptors (Lipinski definition) is 7. The molecule has 0 bridgehead atoms. The predicted molar refractivity (Wildman–Crippen MR) is 249 cm³/mol. The van der Waals surface area contributed by atoms with Crippen molar-refractivity contribution in [1.82, 2.24) is 10.2 Å². The van der Waals surface area contributed by atoms with Gasteiger partial charge < -0.3 is 35.8 Å². The topological polar surface area (TPSA) is 126 Å². The zero-order valence-corrected chi connectivity index (χ0v) is 36.9. The van der Waals surface area contributed by atoms with E-state index in [2.05, 4.69) is 77.9 Å². The molecule has 5 rings (SSSR count). The first-order valence-corrected chi connectivity index (χ1v) is 23.2. The van der Waals surface area contributed by atoms with Crippen molar-refractivity contribution in [3.05, 3.63) is 119 Å². The molecule has 0 aliphatic carbocycles. The van der Waals surface area contributed by atoms with Crippen molar-refractivity contribution in [2.45, 2.75) is 148 Å². The number of nitrogen functional groups attached to an aromatic ring is 1. The third-order valence-electron chi connectivity index (χ3n) is 11.7. The number of carbonyl (C=O) groups is 2. The van der Waals surface area contributed by atoms with Crippen molar-refractivity contribution in [3.8, 4) is 11.1 Å². The van der Waals surface area contributed by atoms with Gasteiger partial charge in [-0.2, -0.15) is 0 Å². The van der Waals surface area contributed by atoms with Gasteiger partial charge in [-0.1, -0.05) is 157 Å². The van der Waals surface area contributed by atoms with E-state index in [1.54, 1.807) is 12.1 Å². The van der Waals surface area contributed by atoms with Gasteiger partial charge in [0.1, 0.15) is 0 Å². The summed E-state index contributed by atoms with van der Waals surface area (Å²) in [5, 5.41) is 15.5. The Hall–Kier alpha value is -4.54. The van der Waals surface area contributed by atoms with Crippen LogP contribution >= 0.6 is 0 Å². The van der Waals surface area contributed by atoms with E-state index in [9.17, 15) is 14.7 Å². The van der Waals surface area contributed by atoms with Gasteiger partial charge in [-0.25, -0.2) is 0 Å². The Balaban J connectivity index is 1.19. The van der Waals surface area contributed by atoms with Gasteiger partial charge in [-0.15, -0.1) is 0 Å². The molecular formula is C52H72N4O5. The number of hydrogen-bond donors (Lipinski definition) is 4. The first kappa shape index (κ1) is 47.5. The van der Waals surface area contributed by atoms with E-state index < -0.39 is 6.29 Å². The van der Waals surface area contributed by atoms with Crippen LogP contribution in [0.1, 0.15) is 151 Å². The van der Waals surface area contributed by atoms with Gasteiger partial charge in [0.15, 0.2) is 6.29 Å². The summed E-state index contributed by atoms with van der Waals surface area (Å²) in [5.41, 5.74) is 13.1. The van der Waals surface area contributed by atoms with Crippen molar-refractivity contribution in [2.24, 2.45) is 0 Å². The minimum absolute atomic E-state index is 0.0128. The Morgan fingerprint density at radius 1 is 0.672 bits per heavy atom. The lowest BCUT2D eigenvalue weighted by atomic mass is 9.98. The van der Waals surface area contributed by atoms with Crippen molar-refractivity contribution in [3.63, 3.8) is 0 Å². The normalized spacial score (nSPS) is 16.4. The van der Waals surface area contributed by atoms with E-state index in [1.807, 2.05) is 36.4 Å². The summed E-state index contributed by atoms with van der Waals surface area (Å²) >= 11 is 0. The van der Waals surface area contributed by atoms with Crippen LogP contribution in [0.15, 0.2) is 97.1 Å². The molecule has 2 amide bonds. The highest BCUT2D eigenvalue weighted by atomic mass is 16.7. The van der Waals surface area contributed by atoms with Crippen LogP contribution in [0.4, 0.5) is 11.4 Å². The minimum atomic E-state index is -0.510. The number of ether oxygens (including phenoxy) is 2. The standard InChI is InChI=1S/C52H72N4O5/c1-3-5-7-9-11-15-33-56(34-16-12-10-8-6-4-2)38-46-36-49(43-27-25-40(39-57)26-28-43)61-52(60-46)44-31-29-42(30-32-44)45-20-17-19-41(35-45)37-54-50(58)23-18-24-51(59)55-48-22-14-13-21-47(48)53/h13-14,17,19-22,25-32,35,46,49,52,57H,3-12,15-16,18,23-24,33-34,36-39,53H2,1-2H3,(H,54,58)(H,55,59)/t46-,49+,52+/m0/s1. The molecule has 4 aromatic rings. The zero-order chi connectivity index (χ0) is 43.1. The fraction of sp³-hybridized carbons (Fsp3) is 0.500. The fourth-order valence-electron chi connectivity index (χ4n) is 8.06. The second kappa shape index (κ2) is 26.7. The Labute approximate surface area is 365 Å². The number of nitrogens with zero attached hydrogens (tertiary/aromatic N) is 1. The van der Waals surface area contributed by atoms with Crippen LogP contribution in [0.2, 0.25) is 0 Å². The number of benzene rings is 4. The summed E-state index contributed by atoms with van der Waals surface area (Å²) < 4.78 is 13.6. The Kier molecular flexibility index (Phi) is 20.8. The van der Waals surface area contributed by atoms with E-state index in [1.165, 1.54) is 77.0 Å². The molecule has 5 N–H and O–H groups in total. The van der Waals surface area contributed by atoms with Gasteiger partial charge in [-0.05, 0) is 78.4 Å². The SMILES string of the molecule is CCCCCCCCN(CCCCCCCC)C[C@@H]1C[C@H](c2ccc(CO)cc2)O[C@H](c2ccc(-c3cccc(CNC(=O)CCCC(=O)Nc4ccccc4N)c3)cc2)O1. The molecule has 0 saturated carbocycles. The molecule has 9 heteroatoms. The Bertz CT molecular complexity index is 1850. The predicted octanol–water partition coefficient (Wildman–Crippen LogP) is 11.4. The molecule has 61 heavy (non-hydrogen) atoms. The molecule has 1 fully saturated rings. The van der Waals surface area contributed by atoms with Gasteiger partial charge in [0, 0.05) is 37.9 Å². The molecule has 4 aromatic carbocycles. The van der Waals surface area contributed by atoms with Crippen molar-refractivity contribution in [1.29, 1.82) is 0 Å². The maximum Gasteiger partial charge on any atom is 0.224 e. The first-order valence-electron chi connectivity index (χ1n) is 23.2. The van der Waals surface area contributed by atoms with Crippen molar-refractivity contribution in [2.75, 3.05) is 30.7 Å². The highest BCUT2D eigenvalue weighted by Gasteiger charge is 2.33. The van der Waals surface area contributed by atoms with Crippen molar-refractivity contribution >= 4 is 23.2 Å². The number of aliphatic hydroxyl groups is 1. The Morgan fingerprint density at radius 2 is 1.31 bits per heavy atom. The molecule has 0 aromatic heterocycles. The Morgan fingerprint density at radius 3 is 1.98 bits per heavy atom. The van der Waals surface area contributed by atoms with E-state index in [0.717, 1.165) is 59.4 Å². The summed E-state index contributed by atoms with van der Waals surface area (Å²) in [5.74, 6) is -0.258. The van der Waals surface area contributed by atoms with Crippen LogP contribution in [0.5, 0.6) is 0 Å². The molecule has 0 spiro atoms. The smallest absolute Gasteiger partial charge is 0.224 e. The molecule has 3 atom stereocenters. The van der Waals surface area contributed by atoms with Crippen LogP contribution in [-0.2, 0) is 32.2 Å². The van der Waals surface area contributed by atoms with Gasteiger partial charge in [0.2, 0.25) is 11.8 Å². The van der Waals surface area contributed by atoms with Crippen LogP contribution in [0.25, 0.3) is 11.1 Å². The lowest BCUT2D eigenvalue weighted by Gasteiger charge is -2.38. The fourth-order valence-corrected chi connectivity index (χ4v) is 8.06. The summed E-state index contributed by atoms with van der Waals surface area (Å²) in [6, 6.07) is 31.9. The molecule has 1 heterocycles. The number of rotatable bonds is 27. The summed E-state index contributed by atoms with van der Waals surface area (Å²) in [7, 11) is 0. The van der Waals surface area contributed by atoms with Gasteiger partial charge in [0.05, 0.1) is 30.2 Å². The van der Waals surface area contributed by atoms with Crippen LogP contribution in [0.3, 0.4) is 0 Å². The highest BCUT2D eigenvalue weighted by Crippen LogP contribution is 2.39. The number of unbranched alkanes of at least 4 members (excludes halogenated alkanes) is 10. The third kappa shape index (κ3) is 16.7. The van der Waals surface area contributed by atoms with Gasteiger partial charge in [0.25, 0.3) is 0 Å². The van der Waals surface area contributed by atoms with E-state index in [4.69, 9.17) is 15.2 Å². The number of nitrogens with one attached hydrogen (secondary N) is 2. The quantitative estimate of drug-likeness (QED) is 0.0348. The molecule has 0 radical (unpaired) electrons. The third-order valence-corrected chi connectivity index (χ3v) is 11.7. The largest absolute Gasteiger partial charge is 0.397 e. The molecular weight excluding hydrogens is 761 g/mol. The summed E-state index contributed by atoms with van der Waals surface area (Å²) in [4.78, 5) is 27.7. The monoisotopic (exact) mass is 833 g/mol. The first-order chi connectivity index (χ1) is 29.8. The number of nitrogens with two attached hydrogens (primary N) is 1. The molecule has 0 unspecified atom stereocenters. The molecule has 330 valence electrons. The average Bonchev–Trinajstić information content (AvgIpc) is 3.28. The number of amides is 2. The lowest BCUT2D eigenvalue weighted by Crippen LogP contribution is -2.40. The van der Waals surface area contributed by atoms with E-state index >= 15 is 0 Å². The second-order valence-electron chi connectivity index (χ2n) is 16.8. The van der Waals surface area contributed by atoms with Crippen LogP contribution in [0, 0.1) is 0 Å². The average molecular weight is 833 g/mol. The summed E-state index contributed by atoms with van der Waals surface area (Å²) in [6.45, 7) is 8.05. The molecule has 1 saturated heterocycles. The summed E-state index contributed by atoms with van der Waals surface area (Å²) in [6.07, 6.45) is 16.6. The lowest BCUT2D eigenvalue weighted by molar-refractivity contribution is -0.253. The van der Waals surface area contributed by atoms with Gasteiger partial charge in [-0.3, -0.25) is 9.59 Å². The van der Waals surface area contributed by atoms with Crippen molar-refractivity contribution < 1.29 is 24.2 Å². The van der Waals surface area contributed by atoms with Crippen LogP contribution in [-0.4, -0.2) is 47.6 Å². The van der Waals surface area contributed by atoms with Gasteiger partial charge >= 0.3 is 0 Å². The zero-order valence-electron chi connectivity index (χ0n) is 36.9. The molecule has 1 aliphatic heterocycles. The van der Waals surface area contributed by atoms with Crippen LogP contribution < -0.4 is 16.4 Å². The number of anilines is 2. The highest BCUT2D eigenvalue weighted by molar-refractivity contribution is 5.94. The number of aliphatic hydroxyl groups excluding tert-OH is 1.